The van der Waals surface area contributed by atoms with E-state index in [1.54, 1.807) is 46.1 Å². The van der Waals surface area contributed by atoms with Crippen LogP contribution in [0.1, 0.15) is 51.4 Å². The number of rotatable bonds is 9. The Balaban J connectivity index is 0.00000441. The Hall–Kier alpha value is -4.05. The molecule has 1 fully saturated rings. The number of methoxy groups -OCH3 is 1. The summed E-state index contributed by atoms with van der Waals surface area (Å²) in [5, 5.41) is 5.40. The van der Waals surface area contributed by atoms with Crippen LogP contribution in [0.2, 0.25) is 0 Å². The summed E-state index contributed by atoms with van der Waals surface area (Å²) in [6, 6.07) is 17.9. The summed E-state index contributed by atoms with van der Waals surface area (Å²) in [6.07, 6.45) is 2.13. The SMILES string of the molecule is C.COc1ccc(-c2cccc(Oc3ccc(C(=O)NCC4CC4)cc3S(=O)(=O)NC(=O)NC(C)(C)C)c2)cc1. The molecule has 214 valence electrons. The third-order valence-corrected chi connectivity index (χ3v) is 7.30. The Morgan fingerprint density at radius 1 is 0.925 bits per heavy atom. The fraction of sp³-hybridized carbons (Fsp3) is 0.333. The molecule has 0 heterocycles. The van der Waals surface area contributed by atoms with E-state index in [1.807, 2.05) is 35.1 Å². The average molecular weight is 568 g/mol. The highest BCUT2D eigenvalue weighted by Crippen LogP contribution is 2.33. The van der Waals surface area contributed by atoms with E-state index < -0.39 is 27.5 Å². The van der Waals surface area contributed by atoms with E-state index >= 15 is 0 Å². The van der Waals surface area contributed by atoms with Crippen molar-refractivity contribution in [3.05, 3.63) is 72.3 Å². The average Bonchev–Trinajstić information content (AvgIpc) is 3.71. The molecule has 1 saturated carbocycles. The Bertz CT molecular complexity index is 1460. The molecule has 1 aliphatic carbocycles. The lowest BCUT2D eigenvalue weighted by Gasteiger charge is -2.21. The zero-order chi connectivity index (χ0) is 28.2. The standard InChI is InChI=1S/C29H33N3O6S.CH4/c1-29(2,3)31-28(34)32-39(35,36)26-17-22(27(33)30-18-19-8-9-19)12-15-25(26)38-24-7-5-6-21(16-24)20-10-13-23(37-4)14-11-20;/h5-7,10-17,19H,8-9,18H2,1-4H3,(H,30,33)(H2,31,32,34);1H4. The van der Waals surface area contributed by atoms with Crippen molar-refractivity contribution >= 4 is 22.0 Å². The normalized spacial score (nSPS) is 13.0. The molecule has 0 spiro atoms. The van der Waals surface area contributed by atoms with Crippen LogP contribution in [0.3, 0.4) is 0 Å². The summed E-state index contributed by atoms with van der Waals surface area (Å²) in [7, 11) is -2.81. The molecule has 0 saturated heterocycles. The minimum atomic E-state index is -4.41. The lowest BCUT2D eigenvalue weighted by molar-refractivity contribution is 0.0951. The molecule has 3 aromatic rings. The number of hydrogen-bond acceptors (Lipinski definition) is 6. The summed E-state index contributed by atoms with van der Waals surface area (Å²) in [5.41, 5.74) is 1.24. The molecule has 0 atom stereocenters. The monoisotopic (exact) mass is 567 g/mol. The molecule has 0 aliphatic heterocycles. The first-order chi connectivity index (χ1) is 18.4. The fourth-order valence-electron chi connectivity index (χ4n) is 3.80. The van der Waals surface area contributed by atoms with Gasteiger partial charge >= 0.3 is 6.03 Å². The van der Waals surface area contributed by atoms with Gasteiger partial charge in [0.15, 0.2) is 0 Å². The lowest BCUT2D eigenvalue weighted by atomic mass is 10.1. The van der Waals surface area contributed by atoms with Gasteiger partial charge in [-0.3, -0.25) is 4.79 Å². The van der Waals surface area contributed by atoms with Gasteiger partial charge in [0, 0.05) is 17.6 Å². The maximum Gasteiger partial charge on any atom is 0.329 e. The third kappa shape index (κ3) is 8.22. The number of amides is 3. The van der Waals surface area contributed by atoms with Crippen molar-refractivity contribution < 1.29 is 27.5 Å². The van der Waals surface area contributed by atoms with E-state index in [4.69, 9.17) is 9.47 Å². The first-order valence-corrected chi connectivity index (χ1v) is 14.1. The van der Waals surface area contributed by atoms with Gasteiger partial charge in [-0.25, -0.2) is 17.9 Å². The Morgan fingerprint density at radius 3 is 2.25 bits per heavy atom. The fourth-order valence-corrected chi connectivity index (χ4v) is 4.86. The molecular weight excluding hydrogens is 530 g/mol. The van der Waals surface area contributed by atoms with Crippen LogP contribution < -0.4 is 24.8 Å². The molecule has 0 bridgehead atoms. The van der Waals surface area contributed by atoms with E-state index in [2.05, 4.69) is 10.6 Å². The number of ether oxygens (including phenoxy) is 2. The lowest BCUT2D eigenvalue weighted by Crippen LogP contribution is -2.48. The smallest absolute Gasteiger partial charge is 0.329 e. The second-order valence-electron chi connectivity index (χ2n) is 10.5. The molecule has 0 unspecified atom stereocenters. The summed E-state index contributed by atoms with van der Waals surface area (Å²) in [4.78, 5) is 24.8. The van der Waals surface area contributed by atoms with Gasteiger partial charge < -0.3 is 20.1 Å². The molecular formula is C30H37N3O6S. The van der Waals surface area contributed by atoms with E-state index in [-0.39, 0.29) is 23.6 Å². The van der Waals surface area contributed by atoms with Crippen LogP contribution in [0.4, 0.5) is 4.79 Å². The molecule has 3 aromatic carbocycles. The van der Waals surface area contributed by atoms with Crippen LogP contribution in [0.15, 0.2) is 71.6 Å². The van der Waals surface area contributed by atoms with Gasteiger partial charge in [0.2, 0.25) is 0 Å². The predicted molar refractivity (Wildman–Crippen MR) is 155 cm³/mol. The first kappa shape index (κ1) is 30.5. The molecule has 9 nitrogen and oxygen atoms in total. The highest BCUT2D eigenvalue weighted by Gasteiger charge is 2.27. The van der Waals surface area contributed by atoms with Crippen LogP contribution in [0.25, 0.3) is 11.1 Å². The van der Waals surface area contributed by atoms with Crippen molar-refractivity contribution in [1.29, 1.82) is 0 Å². The zero-order valence-electron chi connectivity index (χ0n) is 22.4. The van der Waals surface area contributed by atoms with Crippen molar-refractivity contribution in [2.75, 3.05) is 13.7 Å². The second kappa shape index (κ2) is 12.4. The maximum absolute atomic E-state index is 13.3. The van der Waals surface area contributed by atoms with Crippen molar-refractivity contribution in [3.63, 3.8) is 0 Å². The Morgan fingerprint density at radius 2 is 1.62 bits per heavy atom. The van der Waals surface area contributed by atoms with Gasteiger partial charge in [-0.2, -0.15) is 0 Å². The van der Waals surface area contributed by atoms with Crippen LogP contribution in [0, 0.1) is 5.92 Å². The molecule has 40 heavy (non-hydrogen) atoms. The van der Waals surface area contributed by atoms with Gasteiger partial charge in [-0.15, -0.1) is 0 Å². The summed E-state index contributed by atoms with van der Waals surface area (Å²) < 4.78 is 40.0. The maximum atomic E-state index is 13.3. The summed E-state index contributed by atoms with van der Waals surface area (Å²) in [5.74, 6) is 1.14. The zero-order valence-corrected chi connectivity index (χ0v) is 23.2. The van der Waals surface area contributed by atoms with Crippen LogP contribution in [0.5, 0.6) is 17.2 Å². The van der Waals surface area contributed by atoms with E-state index in [1.165, 1.54) is 18.2 Å². The molecule has 4 rings (SSSR count). The minimum absolute atomic E-state index is 0. The molecule has 0 aromatic heterocycles. The Labute approximate surface area is 236 Å². The number of urea groups is 1. The quantitative estimate of drug-likeness (QED) is 0.304. The number of carbonyl (C=O) groups excluding carboxylic acids is 2. The highest BCUT2D eigenvalue weighted by atomic mass is 32.2. The van der Waals surface area contributed by atoms with Crippen molar-refractivity contribution in [3.8, 4) is 28.4 Å². The van der Waals surface area contributed by atoms with Gasteiger partial charge in [0.1, 0.15) is 22.1 Å². The third-order valence-electron chi connectivity index (χ3n) is 5.94. The molecule has 3 amide bonds. The van der Waals surface area contributed by atoms with Crippen LogP contribution in [-0.4, -0.2) is 39.5 Å². The van der Waals surface area contributed by atoms with Gasteiger partial charge in [0.25, 0.3) is 15.9 Å². The molecule has 3 N–H and O–H groups in total. The first-order valence-electron chi connectivity index (χ1n) is 12.6. The number of carbonyl (C=O) groups is 2. The van der Waals surface area contributed by atoms with E-state index in [0.29, 0.717) is 18.2 Å². The van der Waals surface area contributed by atoms with E-state index in [9.17, 15) is 18.0 Å². The van der Waals surface area contributed by atoms with E-state index in [0.717, 1.165) is 29.7 Å². The predicted octanol–water partition coefficient (Wildman–Crippen LogP) is 5.72. The Kier molecular flexibility index (Phi) is 9.47. The van der Waals surface area contributed by atoms with Gasteiger partial charge in [-0.1, -0.05) is 31.7 Å². The largest absolute Gasteiger partial charge is 0.497 e. The van der Waals surface area contributed by atoms with Gasteiger partial charge in [0.05, 0.1) is 7.11 Å². The van der Waals surface area contributed by atoms with Gasteiger partial charge in [-0.05, 0) is 93.1 Å². The second-order valence-corrected chi connectivity index (χ2v) is 12.1. The van der Waals surface area contributed by atoms with Crippen molar-refractivity contribution in [2.45, 2.75) is 51.5 Å². The topological polar surface area (TPSA) is 123 Å². The van der Waals surface area contributed by atoms with Crippen molar-refractivity contribution in [1.82, 2.24) is 15.4 Å². The molecule has 10 heteroatoms. The summed E-state index contributed by atoms with van der Waals surface area (Å²) in [6.45, 7) is 5.72. The number of benzene rings is 3. The van der Waals surface area contributed by atoms with Crippen LogP contribution >= 0.6 is 0 Å². The highest BCUT2D eigenvalue weighted by molar-refractivity contribution is 7.90. The molecule has 0 radical (unpaired) electrons. The minimum Gasteiger partial charge on any atom is -0.497 e. The number of nitrogens with one attached hydrogen (secondary N) is 3. The van der Waals surface area contributed by atoms with Crippen molar-refractivity contribution in [2.24, 2.45) is 5.92 Å². The molecule has 1 aliphatic rings. The summed E-state index contributed by atoms with van der Waals surface area (Å²) >= 11 is 0. The number of hydrogen-bond donors (Lipinski definition) is 3. The van der Waals surface area contributed by atoms with Crippen LogP contribution in [-0.2, 0) is 10.0 Å². The number of sulfonamides is 1.